The van der Waals surface area contributed by atoms with Gasteiger partial charge in [0.25, 0.3) is 0 Å². The number of nitrogens with zero attached hydrogens (tertiary/aromatic N) is 2. The highest BCUT2D eigenvalue weighted by Crippen LogP contribution is 2.28. The normalized spacial score (nSPS) is 19.8. The predicted molar refractivity (Wildman–Crippen MR) is 112 cm³/mol. The van der Waals surface area contributed by atoms with Crippen LogP contribution in [0.2, 0.25) is 0 Å². The molecule has 1 saturated carbocycles. The second-order valence-corrected chi connectivity index (χ2v) is 8.72. The van der Waals surface area contributed by atoms with Gasteiger partial charge in [-0.15, -0.1) is 0 Å². The van der Waals surface area contributed by atoms with Crippen LogP contribution < -0.4 is 5.32 Å². The van der Waals surface area contributed by atoms with E-state index in [9.17, 15) is 9.59 Å². The molecule has 0 unspecified atom stereocenters. The molecule has 0 aromatic heterocycles. The summed E-state index contributed by atoms with van der Waals surface area (Å²) in [6.45, 7) is 4.14. The molecule has 1 N–H and O–H groups in total. The number of carbonyl (C=O) groups is 2. The number of hydrogen-bond acceptors (Lipinski definition) is 3. The van der Waals surface area contributed by atoms with E-state index in [1.165, 1.54) is 24.0 Å². The molecule has 1 atom stereocenters. The summed E-state index contributed by atoms with van der Waals surface area (Å²) in [5, 5.41) is 3.16. The summed E-state index contributed by atoms with van der Waals surface area (Å²) in [5.41, 5.74) is 2.46. The Balaban J connectivity index is 1.48. The molecule has 28 heavy (non-hydrogen) atoms. The van der Waals surface area contributed by atoms with Crippen molar-refractivity contribution in [2.75, 3.05) is 33.7 Å². The Morgan fingerprint density at radius 3 is 2.21 bits per heavy atom. The fourth-order valence-corrected chi connectivity index (χ4v) is 4.52. The van der Waals surface area contributed by atoms with Crippen LogP contribution in [-0.2, 0) is 9.59 Å². The van der Waals surface area contributed by atoms with Crippen LogP contribution in [0.5, 0.6) is 0 Å². The van der Waals surface area contributed by atoms with Crippen LogP contribution in [0.25, 0.3) is 0 Å². The van der Waals surface area contributed by atoms with E-state index in [2.05, 4.69) is 41.4 Å². The average molecular weight is 386 g/mol. The summed E-state index contributed by atoms with van der Waals surface area (Å²) in [6.07, 6.45) is 6.02. The van der Waals surface area contributed by atoms with Gasteiger partial charge in [-0.3, -0.25) is 9.59 Å². The Bertz CT molecular complexity index is 657. The number of benzene rings is 1. The molecule has 1 aliphatic carbocycles. The molecular formula is C23H35N3O2. The lowest BCUT2D eigenvalue weighted by Crippen LogP contribution is -2.45. The molecule has 2 aliphatic rings. The molecular weight excluding hydrogens is 350 g/mol. The Morgan fingerprint density at radius 2 is 1.64 bits per heavy atom. The third kappa shape index (κ3) is 5.13. The molecule has 1 aromatic rings. The van der Waals surface area contributed by atoms with Crippen LogP contribution in [0.15, 0.2) is 24.3 Å². The second kappa shape index (κ2) is 9.55. The fraction of sp³-hybridized carbons (Fsp3) is 0.652. The maximum absolute atomic E-state index is 12.7. The van der Waals surface area contributed by atoms with Crippen LogP contribution >= 0.6 is 0 Å². The van der Waals surface area contributed by atoms with Gasteiger partial charge in [0.1, 0.15) is 0 Å². The Hall–Kier alpha value is -1.88. The molecule has 2 amide bonds. The summed E-state index contributed by atoms with van der Waals surface area (Å²) in [4.78, 5) is 29.4. The monoisotopic (exact) mass is 385 g/mol. The van der Waals surface area contributed by atoms with Gasteiger partial charge in [0.2, 0.25) is 11.8 Å². The minimum atomic E-state index is 0.0217. The lowest BCUT2D eigenvalue weighted by molar-refractivity contribution is -0.139. The minimum absolute atomic E-state index is 0.0217. The smallest absolute Gasteiger partial charge is 0.225 e. The quantitative estimate of drug-likeness (QED) is 0.818. The van der Waals surface area contributed by atoms with Gasteiger partial charge in [-0.25, -0.2) is 0 Å². The highest BCUT2D eigenvalue weighted by molar-refractivity contribution is 5.81. The number of hydrogen-bond donors (Lipinski definition) is 1. The molecule has 154 valence electrons. The fourth-order valence-electron chi connectivity index (χ4n) is 4.52. The third-order valence-corrected chi connectivity index (χ3v) is 6.44. The van der Waals surface area contributed by atoms with Crippen LogP contribution in [-0.4, -0.2) is 55.3 Å². The Morgan fingerprint density at radius 1 is 1.04 bits per heavy atom. The molecule has 0 bridgehead atoms. The standard InChI is InChI=1S/C23H35N3O2/c1-17-8-10-18(11-9-17)21(25(2)3)16-24-22(27)19-12-14-26(15-13-19)23(28)20-6-4-5-7-20/h8-11,19-21H,4-7,12-16H2,1-3H3,(H,24,27)/t21-/m0/s1. The van der Waals surface area contributed by atoms with E-state index in [1.54, 1.807) is 0 Å². The predicted octanol–water partition coefficient (Wildman–Crippen LogP) is 3.14. The lowest BCUT2D eigenvalue weighted by atomic mass is 9.94. The first-order valence-electron chi connectivity index (χ1n) is 10.7. The van der Waals surface area contributed by atoms with Crippen LogP contribution in [0.3, 0.4) is 0 Å². The summed E-state index contributed by atoms with van der Waals surface area (Å²) in [6, 6.07) is 8.67. The van der Waals surface area contributed by atoms with Crippen molar-refractivity contribution in [2.24, 2.45) is 11.8 Å². The van der Waals surface area contributed by atoms with E-state index >= 15 is 0 Å². The zero-order chi connectivity index (χ0) is 20.1. The van der Waals surface area contributed by atoms with Crippen molar-refractivity contribution in [1.29, 1.82) is 0 Å². The second-order valence-electron chi connectivity index (χ2n) is 8.72. The van der Waals surface area contributed by atoms with Gasteiger partial charge in [0.15, 0.2) is 0 Å². The van der Waals surface area contributed by atoms with Gasteiger partial charge >= 0.3 is 0 Å². The minimum Gasteiger partial charge on any atom is -0.354 e. The van der Waals surface area contributed by atoms with Crippen molar-refractivity contribution in [3.05, 3.63) is 35.4 Å². The van der Waals surface area contributed by atoms with Crippen molar-refractivity contribution >= 4 is 11.8 Å². The van der Waals surface area contributed by atoms with Gasteiger partial charge in [-0.1, -0.05) is 42.7 Å². The number of rotatable bonds is 6. The maximum atomic E-state index is 12.7. The first-order chi connectivity index (χ1) is 13.5. The zero-order valence-electron chi connectivity index (χ0n) is 17.6. The van der Waals surface area contributed by atoms with Crippen molar-refractivity contribution in [2.45, 2.75) is 51.5 Å². The van der Waals surface area contributed by atoms with Crippen molar-refractivity contribution in [3.63, 3.8) is 0 Å². The van der Waals surface area contributed by atoms with E-state index in [0.29, 0.717) is 12.5 Å². The van der Waals surface area contributed by atoms with Crippen LogP contribution in [0, 0.1) is 18.8 Å². The molecule has 1 aliphatic heterocycles. The van der Waals surface area contributed by atoms with E-state index in [0.717, 1.165) is 38.8 Å². The third-order valence-electron chi connectivity index (χ3n) is 6.44. The van der Waals surface area contributed by atoms with Gasteiger partial charge < -0.3 is 15.1 Å². The van der Waals surface area contributed by atoms with E-state index < -0.39 is 0 Å². The zero-order valence-corrected chi connectivity index (χ0v) is 17.6. The summed E-state index contributed by atoms with van der Waals surface area (Å²) in [7, 11) is 4.09. The van der Waals surface area contributed by atoms with Crippen LogP contribution in [0.4, 0.5) is 0 Å². The van der Waals surface area contributed by atoms with E-state index in [1.807, 2.05) is 19.0 Å². The maximum Gasteiger partial charge on any atom is 0.225 e. The molecule has 5 heteroatoms. The molecule has 1 saturated heterocycles. The average Bonchev–Trinajstić information content (AvgIpc) is 3.23. The van der Waals surface area contributed by atoms with Gasteiger partial charge in [0, 0.05) is 31.5 Å². The van der Waals surface area contributed by atoms with Crippen LogP contribution in [0.1, 0.15) is 55.7 Å². The topological polar surface area (TPSA) is 52.7 Å². The molecule has 0 spiro atoms. The van der Waals surface area contributed by atoms with E-state index in [4.69, 9.17) is 0 Å². The molecule has 2 fully saturated rings. The molecule has 3 rings (SSSR count). The molecule has 1 aromatic carbocycles. The highest BCUT2D eigenvalue weighted by atomic mass is 16.2. The Labute approximate surface area is 169 Å². The number of piperidine rings is 1. The first kappa shape index (κ1) is 20.8. The van der Waals surface area contributed by atoms with Gasteiger partial charge in [-0.05, 0) is 52.3 Å². The number of likely N-dealkylation sites (N-methyl/N-ethyl adjacent to an activating group) is 1. The number of amides is 2. The first-order valence-corrected chi connectivity index (χ1v) is 10.7. The number of aryl methyl sites for hydroxylation is 1. The lowest BCUT2D eigenvalue weighted by Gasteiger charge is -2.33. The van der Waals surface area contributed by atoms with E-state index in [-0.39, 0.29) is 23.8 Å². The largest absolute Gasteiger partial charge is 0.354 e. The Kier molecular flexibility index (Phi) is 7.11. The highest BCUT2D eigenvalue weighted by Gasteiger charge is 2.32. The van der Waals surface area contributed by atoms with Crippen molar-refractivity contribution < 1.29 is 9.59 Å². The van der Waals surface area contributed by atoms with Gasteiger partial charge in [0.05, 0.1) is 6.04 Å². The van der Waals surface area contributed by atoms with Crippen molar-refractivity contribution in [1.82, 2.24) is 15.1 Å². The number of likely N-dealkylation sites (tertiary alicyclic amines) is 1. The number of nitrogens with one attached hydrogen (secondary N) is 1. The SMILES string of the molecule is Cc1ccc([C@H](CNC(=O)C2CCN(C(=O)C3CCCC3)CC2)N(C)C)cc1. The van der Waals surface area contributed by atoms with Gasteiger partial charge in [-0.2, -0.15) is 0 Å². The number of carbonyl (C=O) groups excluding carboxylic acids is 2. The summed E-state index contributed by atoms with van der Waals surface area (Å²) < 4.78 is 0. The summed E-state index contributed by atoms with van der Waals surface area (Å²) >= 11 is 0. The summed E-state index contributed by atoms with van der Waals surface area (Å²) in [5.74, 6) is 0.713. The molecule has 0 radical (unpaired) electrons. The molecule has 1 heterocycles. The molecule has 5 nitrogen and oxygen atoms in total. The van der Waals surface area contributed by atoms with Crippen molar-refractivity contribution in [3.8, 4) is 0 Å².